The number of hydrogen-bond acceptors (Lipinski definition) is 4. The second-order valence-corrected chi connectivity index (χ2v) is 8.05. The molecule has 0 aliphatic heterocycles. The van der Waals surface area contributed by atoms with Gasteiger partial charge in [-0.1, -0.05) is 24.3 Å². The molecule has 0 atom stereocenters. The fourth-order valence-electron chi connectivity index (χ4n) is 2.41. The number of halogens is 1. The van der Waals surface area contributed by atoms with Crippen LogP contribution in [0.3, 0.4) is 0 Å². The van der Waals surface area contributed by atoms with Crippen molar-refractivity contribution in [2.24, 2.45) is 0 Å². The second kappa shape index (κ2) is 9.43. The molecule has 0 unspecified atom stereocenters. The molecule has 0 fully saturated rings. The van der Waals surface area contributed by atoms with Crippen molar-refractivity contribution >= 4 is 21.8 Å². The van der Waals surface area contributed by atoms with Crippen molar-refractivity contribution in [3.05, 3.63) is 65.0 Å². The summed E-state index contributed by atoms with van der Waals surface area (Å²) >= 11 is 0. The van der Waals surface area contributed by atoms with Crippen LogP contribution in [0, 0.1) is 19.7 Å². The van der Waals surface area contributed by atoms with Crippen molar-refractivity contribution in [1.82, 2.24) is 15.6 Å². The molecule has 0 spiro atoms. The minimum atomic E-state index is -3.73. The Hall–Kier alpha value is -2.78. The topological polar surface area (TPSA) is 104 Å². The van der Waals surface area contributed by atoms with E-state index in [1.165, 1.54) is 24.3 Å². The summed E-state index contributed by atoms with van der Waals surface area (Å²) in [5.74, 6) is -1.42. The summed E-state index contributed by atoms with van der Waals surface area (Å²) in [6, 6.07) is 10.5. The standard InChI is InChI=1S/C19H22FN3O4S/c1-13-3-4-14(2)17(11-13)28(26,27)21-10-9-18(24)22-23-19(25)12-15-5-7-16(20)8-6-15/h3-8,11,21H,9-10,12H2,1-2H3,(H,22,24)(H,23,25). The lowest BCUT2D eigenvalue weighted by atomic mass is 10.1. The molecule has 2 amide bonds. The van der Waals surface area contributed by atoms with E-state index in [4.69, 9.17) is 0 Å². The smallest absolute Gasteiger partial charge is 0.242 e. The summed E-state index contributed by atoms with van der Waals surface area (Å²) in [6.07, 6.45) is -0.180. The molecule has 0 heterocycles. The van der Waals surface area contributed by atoms with E-state index >= 15 is 0 Å². The number of aryl methyl sites for hydroxylation is 2. The van der Waals surface area contributed by atoms with Gasteiger partial charge in [-0.05, 0) is 48.7 Å². The van der Waals surface area contributed by atoms with E-state index in [-0.39, 0.29) is 24.3 Å². The van der Waals surface area contributed by atoms with Gasteiger partial charge >= 0.3 is 0 Å². The lowest BCUT2D eigenvalue weighted by Crippen LogP contribution is -2.43. The summed E-state index contributed by atoms with van der Waals surface area (Å²) < 4.78 is 39.9. The van der Waals surface area contributed by atoms with Gasteiger partial charge in [0.05, 0.1) is 11.3 Å². The first kappa shape index (κ1) is 21.5. The molecule has 0 saturated carbocycles. The predicted octanol–water partition coefficient (Wildman–Crippen LogP) is 1.50. The lowest BCUT2D eigenvalue weighted by Gasteiger charge is -2.11. The van der Waals surface area contributed by atoms with Gasteiger partial charge in [-0.3, -0.25) is 20.4 Å². The largest absolute Gasteiger partial charge is 0.273 e. The molecule has 9 heteroatoms. The Balaban J connectivity index is 1.77. The first-order chi connectivity index (χ1) is 13.2. The number of sulfonamides is 1. The fourth-order valence-corrected chi connectivity index (χ4v) is 3.77. The maximum Gasteiger partial charge on any atom is 0.242 e. The number of rotatable bonds is 7. The highest BCUT2D eigenvalue weighted by molar-refractivity contribution is 7.89. The van der Waals surface area contributed by atoms with E-state index in [2.05, 4.69) is 15.6 Å². The molecule has 2 rings (SSSR count). The van der Waals surface area contributed by atoms with Crippen molar-refractivity contribution in [2.45, 2.75) is 31.6 Å². The highest BCUT2D eigenvalue weighted by Crippen LogP contribution is 2.16. The average Bonchev–Trinajstić information content (AvgIpc) is 2.63. The van der Waals surface area contributed by atoms with Crippen LogP contribution in [0.4, 0.5) is 4.39 Å². The first-order valence-electron chi connectivity index (χ1n) is 8.56. The third-order valence-corrected chi connectivity index (χ3v) is 5.50. The van der Waals surface area contributed by atoms with Crippen LogP contribution in [0.1, 0.15) is 23.1 Å². The Bertz CT molecular complexity index is 960. The third kappa shape index (κ3) is 6.43. The van der Waals surface area contributed by atoms with Gasteiger partial charge in [-0.25, -0.2) is 17.5 Å². The number of carbonyl (C=O) groups is 2. The van der Waals surface area contributed by atoms with Crippen molar-refractivity contribution in [3.63, 3.8) is 0 Å². The molecular weight excluding hydrogens is 385 g/mol. The van der Waals surface area contributed by atoms with Crippen LogP contribution in [0.2, 0.25) is 0 Å². The van der Waals surface area contributed by atoms with E-state index in [0.29, 0.717) is 11.1 Å². The zero-order valence-electron chi connectivity index (χ0n) is 15.6. The van der Waals surface area contributed by atoms with Crippen molar-refractivity contribution < 1.29 is 22.4 Å². The molecule has 2 aromatic carbocycles. The summed E-state index contributed by atoms with van der Waals surface area (Å²) in [6.45, 7) is 3.37. The zero-order valence-corrected chi connectivity index (χ0v) is 16.4. The van der Waals surface area contributed by atoms with E-state index in [1.807, 2.05) is 6.07 Å². The number of hydrogen-bond donors (Lipinski definition) is 3. The lowest BCUT2D eigenvalue weighted by molar-refractivity contribution is -0.128. The molecule has 150 valence electrons. The Labute approximate surface area is 163 Å². The van der Waals surface area contributed by atoms with Gasteiger partial charge in [-0.15, -0.1) is 0 Å². The normalized spacial score (nSPS) is 11.1. The van der Waals surface area contributed by atoms with Crippen LogP contribution in [-0.4, -0.2) is 26.8 Å². The SMILES string of the molecule is Cc1ccc(C)c(S(=O)(=O)NCCC(=O)NNC(=O)Cc2ccc(F)cc2)c1. The average molecular weight is 407 g/mol. The van der Waals surface area contributed by atoms with Crippen molar-refractivity contribution in [1.29, 1.82) is 0 Å². The molecule has 0 saturated heterocycles. The quantitative estimate of drug-likeness (QED) is 0.605. The maximum absolute atomic E-state index is 12.8. The number of nitrogens with one attached hydrogen (secondary N) is 3. The first-order valence-corrected chi connectivity index (χ1v) is 10.0. The van der Waals surface area contributed by atoms with Gasteiger partial charge in [0.15, 0.2) is 0 Å². The minimum Gasteiger partial charge on any atom is -0.273 e. The van der Waals surface area contributed by atoms with E-state index in [1.54, 1.807) is 26.0 Å². The molecule has 0 aliphatic rings. The van der Waals surface area contributed by atoms with Gasteiger partial charge in [0, 0.05) is 13.0 Å². The van der Waals surface area contributed by atoms with Crippen molar-refractivity contribution in [2.75, 3.05) is 6.54 Å². The molecule has 2 aromatic rings. The van der Waals surface area contributed by atoms with Crippen LogP contribution in [0.25, 0.3) is 0 Å². The van der Waals surface area contributed by atoms with Crippen LogP contribution < -0.4 is 15.6 Å². The van der Waals surface area contributed by atoms with Crippen molar-refractivity contribution in [3.8, 4) is 0 Å². The molecular formula is C19H22FN3O4S. The van der Waals surface area contributed by atoms with E-state index < -0.39 is 27.7 Å². The summed E-state index contributed by atoms with van der Waals surface area (Å²) in [5, 5.41) is 0. The number of amides is 2. The van der Waals surface area contributed by atoms with Crippen LogP contribution in [-0.2, 0) is 26.0 Å². The van der Waals surface area contributed by atoms with Gasteiger partial charge in [0.25, 0.3) is 0 Å². The second-order valence-electron chi connectivity index (χ2n) is 6.32. The molecule has 3 N–H and O–H groups in total. The fraction of sp³-hybridized carbons (Fsp3) is 0.263. The van der Waals surface area contributed by atoms with Gasteiger partial charge in [-0.2, -0.15) is 0 Å². The van der Waals surface area contributed by atoms with E-state index in [9.17, 15) is 22.4 Å². The van der Waals surface area contributed by atoms with Gasteiger partial charge < -0.3 is 0 Å². The van der Waals surface area contributed by atoms with Gasteiger partial charge in [0.1, 0.15) is 5.82 Å². The summed E-state index contributed by atoms with van der Waals surface area (Å²) in [5.41, 5.74) is 6.46. The Kier molecular flexibility index (Phi) is 7.24. The van der Waals surface area contributed by atoms with Crippen LogP contribution in [0.5, 0.6) is 0 Å². The van der Waals surface area contributed by atoms with Gasteiger partial charge in [0.2, 0.25) is 21.8 Å². The maximum atomic E-state index is 12.8. The van der Waals surface area contributed by atoms with Crippen LogP contribution >= 0.6 is 0 Å². The van der Waals surface area contributed by atoms with Crippen LogP contribution in [0.15, 0.2) is 47.4 Å². The molecule has 0 radical (unpaired) electrons. The number of benzene rings is 2. The number of carbonyl (C=O) groups excluding carboxylic acids is 2. The highest BCUT2D eigenvalue weighted by Gasteiger charge is 2.17. The Morgan fingerprint density at radius 3 is 2.29 bits per heavy atom. The molecule has 0 bridgehead atoms. The Morgan fingerprint density at radius 2 is 1.61 bits per heavy atom. The zero-order chi connectivity index (χ0) is 20.7. The summed E-state index contributed by atoms with van der Waals surface area (Å²) in [4.78, 5) is 23.7. The minimum absolute atomic E-state index is 0.0280. The Morgan fingerprint density at radius 1 is 0.964 bits per heavy atom. The summed E-state index contributed by atoms with van der Waals surface area (Å²) in [7, 11) is -3.73. The van der Waals surface area contributed by atoms with E-state index in [0.717, 1.165) is 5.56 Å². The predicted molar refractivity (Wildman–Crippen MR) is 102 cm³/mol. The number of hydrazine groups is 1. The molecule has 7 nitrogen and oxygen atoms in total. The molecule has 0 aliphatic carbocycles. The highest BCUT2D eigenvalue weighted by atomic mass is 32.2. The molecule has 0 aromatic heterocycles. The monoisotopic (exact) mass is 407 g/mol. The third-order valence-electron chi connectivity index (χ3n) is 3.90. The molecule has 28 heavy (non-hydrogen) atoms.